The van der Waals surface area contributed by atoms with Crippen LogP contribution in [0.1, 0.15) is 24.8 Å². The van der Waals surface area contributed by atoms with Gasteiger partial charge in [0.2, 0.25) is 17.7 Å². The predicted molar refractivity (Wildman–Crippen MR) is 130 cm³/mol. The first-order valence-electron chi connectivity index (χ1n) is 11.5. The van der Waals surface area contributed by atoms with Crippen LogP contribution in [-0.2, 0) is 14.4 Å². The van der Waals surface area contributed by atoms with Gasteiger partial charge in [-0.15, -0.1) is 11.8 Å². The molecule has 0 unspecified atom stereocenters. The summed E-state index contributed by atoms with van der Waals surface area (Å²) in [6.07, 6.45) is 4.31. The van der Waals surface area contributed by atoms with E-state index in [-0.39, 0.29) is 23.6 Å². The molecular formula is C26H27N3O3S. The Morgan fingerprint density at radius 2 is 1.61 bits per heavy atom. The number of carbonyl (C=O) groups excluding carboxylic acids is 3. The predicted octanol–water partition coefficient (Wildman–Crippen LogP) is 3.65. The summed E-state index contributed by atoms with van der Waals surface area (Å²) in [4.78, 5) is 43.3. The van der Waals surface area contributed by atoms with Crippen LogP contribution in [0, 0.1) is 5.92 Å². The van der Waals surface area contributed by atoms with E-state index in [0.29, 0.717) is 32.5 Å². The Morgan fingerprint density at radius 1 is 0.879 bits per heavy atom. The lowest BCUT2D eigenvalue weighted by atomic mass is 9.93. The normalized spacial score (nSPS) is 21.2. The highest BCUT2D eigenvalue weighted by Crippen LogP contribution is 2.36. The number of hydrogen-bond acceptors (Lipinski definition) is 4. The molecule has 3 amide bonds. The van der Waals surface area contributed by atoms with Crippen molar-refractivity contribution in [3.05, 3.63) is 66.2 Å². The van der Waals surface area contributed by atoms with Crippen LogP contribution in [-0.4, -0.2) is 59.0 Å². The number of rotatable bonds is 3. The van der Waals surface area contributed by atoms with Gasteiger partial charge >= 0.3 is 0 Å². The van der Waals surface area contributed by atoms with Crippen molar-refractivity contribution in [3.8, 4) is 0 Å². The molecule has 7 heteroatoms. The summed E-state index contributed by atoms with van der Waals surface area (Å²) in [6.45, 7) is 2.40. The van der Waals surface area contributed by atoms with E-state index in [1.807, 2.05) is 47.4 Å². The van der Waals surface area contributed by atoms with Gasteiger partial charge in [-0.3, -0.25) is 14.4 Å². The Kier molecular flexibility index (Phi) is 6.22. The minimum atomic E-state index is -0.768. The molecule has 5 rings (SSSR count). The monoisotopic (exact) mass is 461 g/mol. The van der Waals surface area contributed by atoms with Gasteiger partial charge < -0.3 is 15.1 Å². The van der Waals surface area contributed by atoms with E-state index in [9.17, 15) is 14.4 Å². The zero-order valence-electron chi connectivity index (χ0n) is 18.4. The average Bonchev–Trinajstić information content (AvgIpc) is 2.88. The van der Waals surface area contributed by atoms with Crippen molar-refractivity contribution in [1.82, 2.24) is 9.80 Å². The maximum Gasteiger partial charge on any atom is 0.247 e. The van der Waals surface area contributed by atoms with E-state index >= 15 is 0 Å². The van der Waals surface area contributed by atoms with E-state index in [1.165, 1.54) is 22.9 Å². The van der Waals surface area contributed by atoms with Crippen molar-refractivity contribution in [2.75, 3.05) is 31.5 Å². The van der Waals surface area contributed by atoms with Crippen LogP contribution < -0.4 is 5.32 Å². The number of nitrogens with zero attached hydrogens (tertiary/aromatic N) is 2. The maximum absolute atomic E-state index is 13.1. The first-order valence-corrected chi connectivity index (χ1v) is 12.4. The highest BCUT2D eigenvalue weighted by molar-refractivity contribution is 8.01. The lowest BCUT2D eigenvalue weighted by molar-refractivity contribution is -0.141. The first-order chi connectivity index (χ1) is 16.1. The highest BCUT2D eigenvalue weighted by Gasteiger charge is 2.38. The van der Waals surface area contributed by atoms with Crippen LogP contribution >= 0.6 is 11.8 Å². The quantitative estimate of drug-likeness (QED) is 0.709. The van der Waals surface area contributed by atoms with Crippen molar-refractivity contribution in [3.63, 3.8) is 0 Å². The second-order valence-corrected chi connectivity index (χ2v) is 9.86. The smallest absolute Gasteiger partial charge is 0.247 e. The molecular weight excluding hydrogens is 434 g/mol. The third-order valence-corrected chi connectivity index (χ3v) is 7.93. The summed E-state index contributed by atoms with van der Waals surface area (Å²) < 4.78 is 0. The van der Waals surface area contributed by atoms with Crippen molar-refractivity contribution in [2.24, 2.45) is 5.92 Å². The Morgan fingerprint density at radius 3 is 2.33 bits per heavy atom. The molecule has 1 N–H and O–H groups in total. The fourth-order valence-electron chi connectivity index (χ4n) is 4.77. The van der Waals surface area contributed by atoms with Gasteiger partial charge in [0.05, 0.1) is 5.69 Å². The molecule has 170 valence electrons. The number of benzene rings is 2. The van der Waals surface area contributed by atoms with Crippen molar-refractivity contribution < 1.29 is 14.4 Å². The number of carbonyl (C=O) groups is 3. The van der Waals surface area contributed by atoms with Gasteiger partial charge in [-0.05, 0) is 42.5 Å². The van der Waals surface area contributed by atoms with Crippen LogP contribution in [0.15, 0.2) is 65.6 Å². The molecule has 2 aromatic carbocycles. The molecule has 3 aliphatic rings. The molecule has 0 saturated carbocycles. The molecule has 33 heavy (non-hydrogen) atoms. The number of amides is 3. The molecule has 0 bridgehead atoms. The largest absolute Gasteiger partial charge is 0.341 e. The third-order valence-electron chi connectivity index (χ3n) is 6.67. The van der Waals surface area contributed by atoms with Gasteiger partial charge in [-0.2, -0.15) is 0 Å². The summed E-state index contributed by atoms with van der Waals surface area (Å²) in [7, 11) is 0. The number of piperidine rings is 1. The number of anilines is 1. The summed E-state index contributed by atoms with van der Waals surface area (Å²) in [5, 5.41) is 2.07. The average molecular weight is 462 g/mol. The van der Waals surface area contributed by atoms with E-state index in [0.717, 1.165) is 23.5 Å². The zero-order valence-corrected chi connectivity index (χ0v) is 19.2. The number of thioether (sulfide) groups is 1. The molecule has 0 aliphatic carbocycles. The lowest BCUT2D eigenvalue weighted by Gasteiger charge is -2.36. The zero-order chi connectivity index (χ0) is 22.8. The van der Waals surface area contributed by atoms with Crippen LogP contribution in [0.3, 0.4) is 0 Å². The summed E-state index contributed by atoms with van der Waals surface area (Å²) in [5.74, 6) is -0.305. The third kappa shape index (κ3) is 4.55. The van der Waals surface area contributed by atoms with Crippen LogP contribution in [0.25, 0.3) is 5.57 Å². The molecule has 1 saturated heterocycles. The molecule has 3 aliphatic heterocycles. The van der Waals surface area contributed by atoms with Crippen molar-refractivity contribution >= 4 is 40.7 Å². The van der Waals surface area contributed by atoms with Crippen LogP contribution in [0.5, 0.6) is 0 Å². The molecule has 1 fully saturated rings. The molecule has 3 heterocycles. The van der Waals surface area contributed by atoms with Gasteiger partial charge in [0.15, 0.2) is 5.25 Å². The summed E-state index contributed by atoms with van der Waals surface area (Å²) in [5.41, 5.74) is 3.28. The van der Waals surface area contributed by atoms with Crippen LogP contribution in [0.4, 0.5) is 5.69 Å². The maximum atomic E-state index is 13.1. The second kappa shape index (κ2) is 9.43. The molecule has 0 aromatic heterocycles. The van der Waals surface area contributed by atoms with Crippen molar-refractivity contribution in [1.29, 1.82) is 0 Å². The van der Waals surface area contributed by atoms with E-state index in [4.69, 9.17) is 0 Å². The number of fused-ring (bicyclic) bond motifs is 1. The fourth-order valence-corrected chi connectivity index (χ4v) is 5.84. The highest BCUT2D eigenvalue weighted by atomic mass is 32.2. The topological polar surface area (TPSA) is 69.7 Å². The lowest BCUT2D eigenvalue weighted by Crippen LogP contribution is -2.50. The summed E-state index contributed by atoms with van der Waals surface area (Å²) >= 11 is 1.31. The van der Waals surface area contributed by atoms with E-state index < -0.39 is 5.25 Å². The van der Waals surface area contributed by atoms with Gasteiger partial charge in [0.25, 0.3) is 0 Å². The molecule has 0 spiro atoms. The SMILES string of the molecule is O=C1Nc2ccccc2S[C@H]1C(=O)N1CCC(C(=O)N2CC=C(c3ccccc3)CC2)CC1. The Hall–Kier alpha value is -3.06. The number of likely N-dealkylation sites (tertiary alicyclic amines) is 1. The van der Waals surface area contributed by atoms with Crippen molar-refractivity contribution in [2.45, 2.75) is 29.4 Å². The van der Waals surface area contributed by atoms with E-state index in [1.54, 1.807) is 4.90 Å². The molecule has 1 atom stereocenters. The van der Waals surface area contributed by atoms with Gasteiger partial charge in [0, 0.05) is 37.0 Å². The number of hydrogen-bond donors (Lipinski definition) is 1. The van der Waals surface area contributed by atoms with E-state index in [2.05, 4.69) is 23.5 Å². The minimum Gasteiger partial charge on any atom is -0.341 e. The van der Waals surface area contributed by atoms with Gasteiger partial charge in [-0.25, -0.2) is 0 Å². The molecule has 0 radical (unpaired) electrons. The number of para-hydroxylation sites is 1. The Balaban J connectivity index is 1.15. The fraction of sp³-hybridized carbons (Fsp3) is 0.346. The minimum absolute atomic E-state index is 0.0608. The Labute approximate surface area is 198 Å². The number of nitrogens with one attached hydrogen (secondary N) is 1. The Bertz CT molecular complexity index is 1090. The standard InChI is InChI=1S/C26H27N3O3S/c30-24-23(33-22-9-5-4-8-21(22)27-24)26(32)29-16-12-20(13-17-29)25(31)28-14-10-19(11-15-28)18-6-2-1-3-7-18/h1-10,20,23H,11-17H2,(H,27,30)/t23-/m1/s1. The second-order valence-electron chi connectivity index (χ2n) is 8.71. The first kappa shape index (κ1) is 21.8. The molecule has 2 aromatic rings. The summed E-state index contributed by atoms with van der Waals surface area (Å²) in [6, 6.07) is 17.8. The van der Waals surface area contributed by atoms with Crippen LogP contribution in [0.2, 0.25) is 0 Å². The van der Waals surface area contributed by atoms with Gasteiger partial charge in [-0.1, -0.05) is 48.5 Å². The molecule has 6 nitrogen and oxygen atoms in total. The van der Waals surface area contributed by atoms with Gasteiger partial charge in [0.1, 0.15) is 0 Å².